The Morgan fingerprint density at radius 2 is 2.16 bits per heavy atom. The van der Waals surface area contributed by atoms with Crippen molar-refractivity contribution in [3.05, 3.63) is 54.1 Å². The first-order chi connectivity index (χ1) is 9.16. The molecule has 1 aromatic carbocycles. The van der Waals surface area contributed by atoms with Crippen LogP contribution in [0.2, 0.25) is 0 Å². The summed E-state index contributed by atoms with van der Waals surface area (Å²) in [6.45, 7) is 1.69. The summed E-state index contributed by atoms with van der Waals surface area (Å²) in [6.07, 6.45) is 5.01. The standard InChI is InChI=1S/C14H11N3O2/c1-9-12(14(18)19)8-17(16-9)13-4-2-3-10-7-15-6-5-11(10)13/h2-8H,1H3,(H,18,19). The van der Waals surface area contributed by atoms with E-state index in [1.807, 2.05) is 24.3 Å². The Morgan fingerprint density at radius 1 is 1.32 bits per heavy atom. The van der Waals surface area contributed by atoms with Gasteiger partial charge in [0.1, 0.15) is 5.56 Å². The van der Waals surface area contributed by atoms with Crippen LogP contribution >= 0.6 is 0 Å². The summed E-state index contributed by atoms with van der Waals surface area (Å²) >= 11 is 0. The van der Waals surface area contributed by atoms with Crippen molar-refractivity contribution in [2.75, 3.05) is 0 Å². The topological polar surface area (TPSA) is 68.0 Å². The fourth-order valence-electron chi connectivity index (χ4n) is 2.10. The van der Waals surface area contributed by atoms with Crippen LogP contribution in [0.5, 0.6) is 0 Å². The van der Waals surface area contributed by atoms with Crippen LogP contribution < -0.4 is 0 Å². The Hall–Kier alpha value is -2.69. The third-order valence-electron chi connectivity index (χ3n) is 3.03. The average molecular weight is 253 g/mol. The zero-order valence-corrected chi connectivity index (χ0v) is 10.2. The van der Waals surface area contributed by atoms with Crippen molar-refractivity contribution in [3.63, 3.8) is 0 Å². The van der Waals surface area contributed by atoms with Gasteiger partial charge in [0.15, 0.2) is 0 Å². The quantitative estimate of drug-likeness (QED) is 0.761. The number of nitrogens with zero attached hydrogens (tertiary/aromatic N) is 3. The van der Waals surface area contributed by atoms with E-state index in [2.05, 4.69) is 10.1 Å². The van der Waals surface area contributed by atoms with E-state index < -0.39 is 5.97 Å². The molecule has 0 saturated heterocycles. The van der Waals surface area contributed by atoms with Crippen LogP contribution in [0.15, 0.2) is 42.9 Å². The molecule has 0 amide bonds. The van der Waals surface area contributed by atoms with E-state index in [0.29, 0.717) is 5.69 Å². The number of rotatable bonds is 2. The van der Waals surface area contributed by atoms with Crippen LogP contribution in [-0.4, -0.2) is 25.8 Å². The Kier molecular flexibility index (Phi) is 2.52. The highest BCUT2D eigenvalue weighted by Gasteiger charge is 2.13. The van der Waals surface area contributed by atoms with E-state index in [1.54, 1.807) is 24.0 Å². The monoisotopic (exact) mass is 253 g/mol. The molecular formula is C14H11N3O2. The number of hydrogen-bond donors (Lipinski definition) is 1. The molecule has 1 N–H and O–H groups in total. The Labute approximate surface area is 109 Å². The molecule has 2 heterocycles. The first-order valence-electron chi connectivity index (χ1n) is 5.79. The number of carbonyl (C=O) groups is 1. The van der Waals surface area contributed by atoms with Crippen molar-refractivity contribution in [3.8, 4) is 5.69 Å². The number of aryl methyl sites for hydroxylation is 1. The molecule has 94 valence electrons. The number of carboxylic acid groups (broad SMARTS) is 1. The molecular weight excluding hydrogens is 242 g/mol. The van der Waals surface area contributed by atoms with Crippen molar-refractivity contribution >= 4 is 16.7 Å². The molecule has 0 aliphatic rings. The minimum atomic E-state index is -0.967. The molecule has 5 heteroatoms. The van der Waals surface area contributed by atoms with Gasteiger partial charge in [-0.3, -0.25) is 4.98 Å². The molecule has 0 spiro atoms. The molecule has 3 rings (SSSR count). The van der Waals surface area contributed by atoms with Crippen LogP contribution in [0.25, 0.3) is 16.5 Å². The second kappa shape index (κ2) is 4.20. The second-order valence-electron chi connectivity index (χ2n) is 4.25. The first-order valence-corrected chi connectivity index (χ1v) is 5.79. The zero-order chi connectivity index (χ0) is 13.4. The van der Waals surface area contributed by atoms with E-state index in [9.17, 15) is 4.79 Å². The minimum absolute atomic E-state index is 0.214. The summed E-state index contributed by atoms with van der Waals surface area (Å²) in [5, 5.41) is 15.3. The summed E-state index contributed by atoms with van der Waals surface area (Å²) in [4.78, 5) is 15.1. The van der Waals surface area contributed by atoms with E-state index in [1.165, 1.54) is 6.20 Å². The van der Waals surface area contributed by atoms with Gasteiger partial charge in [-0.05, 0) is 19.1 Å². The van der Waals surface area contributed by atoms with E-state index in [4.69, 9.17) is 5.11 Å². The summed E-state index contributed by atoms with van der Waals surface area (Å²) in [5.41, 5.74) is 1.56. The highest BCUT2D eigenvalue weighted by atomic mass is 16.4. The molecule has 5 nitrogen and oxygen atoms in total. The van der Waals surface area contributed by atoms with Gasteiger partial charge in [0.25, 0.3) is 0 Å². The first kappa shape index (κ1) is 11.4. The molecule has 0 aliphatic heterocycles. The lowest BCUT2D eigenvalue weighted by Crippen LogP contribution is -1.96. The van der Waals surface area contributed by atoms with E-state index in [0.717, 1.165) is 16.5 Å². The predicted molar refractivity (Wildman–Crippen MR) is 70.6 cm³/mol. The number of aromatic nitrogens is 3. The number of aromatic carboxylic acids is 1. The van der Waals surface area contributed by atoms with Gasteiger partial charge in [-0.25, -0.2) is 9.48 Å². The van der Waals surface area contributed by atoms with Gasteiger partial charge >= 0.3 is 5.97 Å². The molecule has 0 saturated carbocycles. The SMILES string of the molecule is Cc1nn(-c2cccc3cnccc23)cc1C(=O)O. The van der Waals surface area contributed by atoms with Crippen LogP contribution in [-0.2, 0) is 0 Å². The summed E-state index contributed by atoms with van der Waals surface area (Å²) < 4.78 is 1.60. The average Bonchev–Trinajstić information content (AvgIpc) is 2.80. The van der Waals surface area contributed by atoms with Gasteiger partial charge in [-0.1, -0.05) is 12.1 Å². The lowest BCUT2D eigenvalue weighted by molar-refractivity contribution is 0.0696. The van der Waals surface area contributed by atoms with Crippen LogP contribution in [0.1, 0.15) is 16.1 Å². The molecule has 0 fully saturated rings. The Balaban J connectivity index is 2.25. The van der Waals surface area contributed by atoms with Crippen molar-refractivity contribution < 1.29 is 9.90 Å². The number of pyridine rings is 1. The Bertz CT molecular complexity index is 772. The maximum Gasteiger partial charge on any atom is 0.339 e. The number of hydrogen-bond acceptors (Lipinski definition) is 3. The summed E-state index contributed by atoms with van der Waals surface area (Å²) in [7, 11) is 0. The fraction of sp³-hybridized carbons (Fsp3) is 0.0714. The predicted octanol–water partition coefficient (Wildman–Crippen LogP) is 2.43. The van der Waals surface area contributed by atoms with Gasteiger partial charge in [-0.2, -0.15) is 5.10 Å². The van der Waals surface area contributed by atoms with Crippen LogP contribution in [0, 0.1) is 6.92 Å². The van der Waals surface area contributed by atoms with E-state index in [-0.39, 0.29) is 5.56 Å². The highest BCUT2D eigenvalue weighted by molar-refractivity contribution is 5.91. The Morgan fingerprint density at radius 3 is 2.89 bits per heavy atom. The van der Waals surface area contributed by atoms with Crippen molar-refractivity contribution in [1.29, 1.82) is 0 Å². The molecule has 3 aromatic rings. The number of benzene rings is 1. The van der Waals surface area contributed by atoms with Crippen LogP contribution in [0.3, 0.4) is 0 Å². The molecule has 0 aliphatic carbocycles. The van der Waals surface area contributed by atoms with Crippen molar-refractivity contribution in [1.82, 2.24) is 14.8 Å². The molecule has 2 aromatic heterocycles. The van der Waals surface area contributed by atoms with Gasteiger partial charge in [0, 0.05) is 29.4 Å². The third kappa shape index (κ3) is 1.85. The van der Waals surface area contributed by atoms with Crippen LogP contribution in [0.4, 0.5) is 0 Å². The molecule has 0 radical (unpaired) electrons. The third-order valence-corrected chi connectivity index (χ3v) is 3.03. The normalized spacial score (nSPS) is 10.8. The molecule has 0 atom stereocenters. The number of carboxylic acids is 1. The van der Waals surface area contributed by atoms with Gasteiger partial charge in [-0.15, -0.1) is 0 Å². The lowest BCUT2D eigenvalue weighted by Gasteiger charge is -2.05. The van der Waals surface area contributed by atoms with Gasteiger partial charge in [0.2, 0.25) is 0 Å². The fourth-order valence-corrected chi connectivity index (χ4v) is 2.10. The molecule has 0 bridgehead atoms. The van der Waals surface area contributed by atoms with Gasteiger partial charge in [0.05, 0.1) is 11.4 Å². The molecule has 19 heavy (non-hydrogen) atoms. The van der Waals surface area contributed by atoms with E-state index >= 15 is 0 Å². The second-order valence-corrected chi connectivity index (χ2v) is 4.25. The zero-order valence-electron chi connectivity index (χ0n) is 10.2. The number of fused-ring (bicyclic) bond motifs is 1. The minimum Gasteiger partial charge on any atom is -0.478 e. The smallest absolute Gasteiger partial charge is 0.339 e. The summed E-state index contributed by atoms with van der Waals surface area (Å²) in [6, 6.07) is 7.65. The largest absolute Gasteiger partial charge is 0.478 e. The summed E-state index contributed by atoms with van der Waals surface area (Å²) in [5.74, 6) is -0.967. The molecule has 0 unspecified atom stereocenters. The van der Waals surface area contributed by atoms with Gasteiger partial charge < -0.3 is 5.11 Å². The maximum absolute atomic E-state index is 11.1. The lowest BCUT2D eigenvalue weighted by atomic mass is 10.1. The highest BCUT2D eigenvalue weighted by Crippen LogP contribution is 2.21. The van der Waals surface area contributed by atoms with Crippen molar-refractivity contribution in [2.24, 2.45) is 0 Å². The van der Waals surface area contributed by atoms with Crippen molar-refractivity contribution in [2.45, 2.75) is 6.92 Å². The maximum atomic E-state index is 11.1.